The zero-order chi connectivity index (χ0) is 11.2. The Labute approximate surface area is 89.9 Å². The van der Waals surface area contributed by atoms with E-state index in [1.54, 1.807) is 0 Å². The highest BCUT2D eigenvalue weighted by atomic mass is 15.1. The van der Waals surface area contributed by atoms with Crippen molar-refractivity contribution in [3.63, 3.8) is 0 Å². The molecule has 0 amide bonds. The molecule has 0 aromatic heterocycles. The first-order valence-corrected chi connectivity index (χ1v) is 5.51. The van der Waals surface area contributed by atoms with Gasteiger partial charge in [-0.1, -0.05) is 40.5 Å². The first-order valence-electron chi connectivity index (χ1n) is 5.51. The Kier molecular flexibility index (Phi) is 5.88. The molecule has 0 aromatic rings. The van der Waals surface area contributed by atoms with Gasteiger partial charge in [-0.15, -0.1) is 6.42 Å². The van der Waals surface area contributed by atoms with Crippen LogP contribution in [0.5, 0.6) is 0 Å². The van der Waals surface area contributed by atoms with Gasteiger partial charge in [0.15, 0.2) is 0 Å². The molecule has 0 atom stereocenters. The van der Waals surface area contributed by atoms with Crippen LogP contribution in [0.15, 0.2) is 0 Å². The molecule has 0 saturated heterocycles. The average Bonchev–Trinajstić information content (AvgIpc) is 1.98. The Morgan fingerprint density at radius 2 is 1.86 bits per heavy atom. The maximum absolute atomic E-state index is 5.35. The van der Waals surface area contributed by atoms with Crippen LogP contribution >= 0.6 is 0 Å². The number of hydrogen-bond acceptors (Lipinski definition) is 1. The van der Waals surface area contributed by atoms with Gasteiger partial charge in [-0.2, -0.15) is 0 Å². The van der Waals surface area contributed by atoms with Gasteiger partial charge in [-0.05, 0) is 24.3 Å². The second-order valence-corrected chi connectivity index (χ2v) is 5.64. The molecule has 0 aliphatic rings. The first-order chi connectivity index (χ1) is 6.35. The molecule has 82 valence electrons. The van der Waals surface area contributed by atoms with E-state index in [0.717, 1.165) is 19.6 Å². The molecule has 0 radical (unpaired) electrons. The quantitative estimate of drug-likeness (QED) is 0.610. The van der Waals surface area contributed by atoms with Gasteiger partial charge < -0.3 is 0 Å². The van der Waals surface area contributed by atoms with Gasteiger partial charge in [0.25, 0.3) is 0 Å². The fourth-order valence-electron chi connectivity index (χ4n) is 1.37. The van der Waals surface area contributed by atoms with Crippen LogP contribution in [0.25, 0.3) is 0 Å². The van der Waals surface area contributed by atoms with E-state index in [1.807, 2.05) is 0 Å². The second kappa shape index (κ2) is 6.09. The Morgan fingerprint density at radius 1 is 1.29 bits per heavy atom. The third kappa shape index (κ3) is 8.13. The van der Waals surface area contributed by atoms with Gasteiger partial charge in [0.2, 0.25) is 0 Å². The highest BCUT2D eigenvalue weighted by molar-refractivity contribution is 4.88. The predicted octanol–water partition coefficient (Wildman–Crippen LogP) is 3.01. The van der Waals surface area contributed by atoms with E-state index < -0.39 is 0 Å². The molecule has 1 heteroatoms. The van der Waals surface area contributed by atoms with Gasteiger partial charge in [0.1, 0.15) is 0 Å². The van der Waals surface area contributed by atoms with Crippen molar-refractivity contribution in [1.82, 2.24) is 4.90 Å². The molecule has 0 spiro atoms. The van der Waals surface area contributed by atoms with E-state index in [4.69, 9.17) is 6.42 Å². The van der Waals surface area contributed by atoms with Crippen molar-refractivity contribution in [2.75, 3.05) is 19.6 Å². The Balaban J connectivity index is 3.92. The van der Waals surface area contributed by atoms with Crippen molar-refractivity contribution >= 4 is 0 Å². The monoisotopic (exact) mass is 195 g/mol. The predicted molar refractivity (Wildman–Crippen MR) is 64.2 cm³/mol. The average molecular weight is 195 g/mol. The van der Waals surface area contributed by atoms with E-state index in [1.165, 1.54) is 6.42 Å². The SMILES string of the molecule is C#CCN(CCC(C)(C)C)CC(C)C. The summed E-state index contributed by atoms with van der Waals surface area (Å²) < 4.78 is 0. The van der Waals surface area contributed by atoms with Crippen molar-refractivity contribution in [2.24, 2.45) is 11.3 Å². The van der Waals surface area contributed by atoms with Crippen LogP contribution in [0.3, 0.4) is 0 Å². The molecular weight excluding hydrogens is 170 g/mol. The minimum atomic E-state index is 0.407. The molecule has 0 saturated carbocycles. The van der Waals surface area contributed by atoms with Crippen molar-refractivity contribution in [1.29, 1.82) is 0 Å². The van der Waals surface area contributed by atoms with Crippen molar-refractivity contribution in [2.45, 2.75) is 41.0 Å². The van der Waals surface area contributed by atoms with Crippen LogP contribution in [-0.4, -0.2) is 24.5 Å². The first kappa shape index (κ1) is 13.5. The third-order valence-electron chi connectivity index (χ3n) is 2.12. The standard InChI is InChI=1S/C13H25N/c1-7-9-14(11-12(2)3)10-8-13(4,5)6/h1,12H,8-11H2,2-6H3. The number of nitrogens with zero attached hydrogens (tertiary/aromatic N) is 1. The topological polar surface area (TPSA) is 3.24 Å². The molecule has 0 rings (SSSR count). The zero-order valence-corrected chi connectivity index (χ0v) is 10.4. The number of rotatable bonds is 5. The maximum Gasteiger partial charge on any atom is 0.0599 e. The molecular formula is C13H25N. The molecule has 0 bridgehead atoms. The number of hydrogen-bond donors (Lipinski definition) is 0. The van der Waals surface area contributed by atoms with Crippen LogP contribution in [0.4, 0.5) is 0 Å². The summed E-state index contributed by atoms with van der Waals surface area (Å²) in [6.07, 6.45) is 6.56. The summed E-state index contributed by atoms with van der Waals surface area (Å²) in [5, 5.41) is 0. The van der Waals surface area contributed by atoms with Gasteiger partial charge in [-0.3, -0.25) is 4.90 Å². The fraction of sp³-hybridized carbons (Fsp3) is 0.846. The summed E-state index contributed by atoms with van der Waals surface area (Å²) in [4.78, 5) is 2.37. The van der Waals surface area contributed by atoms with E-state index in [9.17, 15) is 0 Å². The summed E-state index contributed by atoms with van der Waals surface area (Å²) in [7, 11) is 0. The lowest BCUT2D eigenvalue weighted by Gasteiger charge is -2.26. The van der Waals surface area contributed by atoms with Crippen molar-refractivity contribution in [3.05, 3.63) is 0 Å². The van der Waals surface area contributed by atoms with E-state index in [2.05, 4.69) is 45.4 Å². The van der Waals surface area contributed by atoms with Crippen LogP contribution in [-0.2, 0) is 0 Å². The molecule has 0 N–H and O–H groups in total. The summed E-state index contributed by atoms with van der Waals surface area (Å²) in [6, 6.07) is 0. The van der Waals surface area contributed by atoms with E-state index >= 15 is 0 Å². The van der Waals surface area contributed by atoms with Gasteiger partial charge >= 0.3 is 0 Å². The Bertz CT molecular complexity index is 180. The molecule has 0 aliphatic carbocycles. The zero-order valence-electron chi connectivity index (χ0n) is 10.4. The molecule has 0 fully saturated rings. The molecule has 0 aromatic carbocycles. The normalized spacial score (nSPS) is 12.1. The van der Waals surface area contributed by atoms with Crippen molar-refractivity contribution in [3.8, 4) is 12.3 Å². The summed E-state index contributed by atoms with van der Waals surface area (Å²) in [6.45, 7) is 14.3. The smallest absolute Gasteiger partial charge is 0.0599 e. The molecule has 0 heterocycles. The minimum Gasteiger partial charge on any atom is -0.292 e. The third-order valence-corrected chi connectivity index (χ3v) is 2.12. The van der Waals surface area contributed by atoms with Crippen molar-refractivity contribution < 1.29 is 0 Å². The summed E-state index contributed by atoms with van der Waals surface area (Å²) in [5.41, 5.74) is 0.407. The molecule has 0 unspecified atom stereocenters. The molecule has 0 aliphatic heterocycles. The minimum absolute atomic E-state index is 0.407. The van der Waals surface area contributed by atoms with Gasteiger partial charge in [0.05, 0.1) is 6.54 Å². The lowest BCUT2D eigenvalue weighted by atomic mass is 9.92. The lowest BCUT2D eigenvalue weighted by molar-refractivity contribution is 0.228. The van der Waals surface area contributed by atoms with E-state index in [0.29, 0.717) is 11.3 Å². The number of terminal acetylenes is 1. The summed E-state index contributed by atoms with van der Waals surface area (Å²) in [5.74, 6) is 3.43. The van der Waals surface area contributed by atoms with Gasteiger partial charge in [-0.25, -0.2) is 0 Å². The Morgan fingerprint density at radius 3 is 2.21 bits per heavy atom. The van der Waals surface area contributed by atoms with E-state index in [-0.39, 0.29) is 0 Å². The second-order valence-electron chi connectivity index (χ2n) is 5.64. The van der Waals surface area contributed by atoms with Gasteiger partial charge in [0, 0.05) is 6.54 Å². The molecule has 1 nitrogen and oxygen atoms in total. The van der Waals surface area contributed by atoms with Crippen LogP contribution in [0, 0.1) is 23.7 Å². The van der Waals surface area contributed by atoms with Crippen LogP contribution in [0.2, 0.25) is 0 Å². The van der Waals surface area contributed by atoms with Crippen LogP contribution in [0.1, 0.15) is 41.0 Å². The summed E-state index contributed by atoms with van der Waals surface area (Å²) >= 11 is 0. The largest absolute Gasteiger partial charge is 0.292 e. The highest BCUT2D eigenvalue weighted by Gasteiger charge is 2.13. The maximum atomic E-state index is 5.35. The lowest BCUT2D eigenvalue weighted by Crippen LogP contribution is -2.31. The molecule has 14 heavy (non-hydrogen) atoms. The Hall–Kier alpha value is -0.480. The highest BCUT2D eigenvalue weighted by Crippen LogP contribution is 2.18. The van der Waals surface area contributed by atoms with Crippen LogP contribution < -0.4 is 0 Å². The fourth-order valence-corrected chi connectivity index (χ4v) is 1.37.